The molecule has 0 saturated carbocycles. The number of hydrogen-bond acceptors (Lipinski definition) is 3. The van der Waals surface area contributed by atoms with Crippen molar-refractivity contribution in [2.24, 2.45) is 5.92 Å². The number of amides is 1. The van der Waals surface area contributed by atoms with Gasteiger partial charge in [0.15, 0.2) is 0 Å². The van der Waals surface area contributed by atoms with Gasteiger partial charge < -0.3 is 15.4 Å². The van der Waals surface area contributed by atoms with E-state index >= 15 is 0 Å². The average molecular weight is 226 g/mol. The van der Waals surface area contributed by atoms with Crippen LogP contribution in [-0.4, -0.2) is 38.3 Å². The van der Waals surface area contributed by atoms with Gasteiger partial charge in [0.25, 0.3) is 0 Å². The summed E-state index contributed by atoms with van der Waals surface area (Å²) in [5.41, 5.74) is 0. The number of carbonyl (C=O) groups excluding carboxylic acids is 1. The summed E-state index contributed by atoms with van der Waals surface area (Å²) >= 11 is 0. The van der Waals surface area contributed by atoms with Crippen LogP contribution in [0.3, 0.4) is 0 Å². The van der Waals surface area contributed by atoms with E-state index in [-0.39, 0.29) is 12.0 Å². The molecule has 2 atom stereocenters. The Bertz CT molecular complexity index is 221. The van der Waals surface area contributed by atoms with E-state index in [4.69, 9.17) is 4.74 Å². The Labute approximate surface area is 97.1 Å². The zero-order chi connectivity index (χ0) is 11.2. The van der Waals surface area contributed by atoms with Gasteiger partial charge >= 0.3 is 0 Å². The molecule has 4 nitrogen and oxygen atoms in total. The van der Waals surface area contributed by atoms with Crippen LogP contribution in [0.15, 0.2) is 0 Å². The van der Waals surface area contributed by atoms with Gasteiger partial charge in [0, 0.05) is 13.2 Å². The predicted octanol–water partition coefficient (Wildman–Crippen LogP) is 0.671. The first-order valence-corrected chi connectivity index (χ1v) is 6.43. The molecule has 2 aliphatic rings. The first kappa shape index (κ1) is 11.9. The highest BCUT2D eigenvalue weighted by Crippen LogP contribution is 2.15. The zero-order valence-electron chi connectivity index (χ0n) is 9.84. The van der Waals surface area contributed by atoms with E-state index in [1.54, 1.807) is 0 Å². The lowest BCUT2D eigenvalue weighted by Crippen LogP contribution is -2.29. The summed E-state index contributed by atoms with van der Waals surface area (Å²) < 4.78 is 5.43. The summed E-state index contributed by atoms with van der Waals surface area (Å²) in [4.78, 5) is 11.6. The van der Waals surface area contributed by atoms with Crippen molar-refractivity contribution < 1.29 is 9.53 Å². The lowest BCUT2D eigenvalue weighted by atomic mass is 10.1. The molecule has 2 saturated heterocycles. The van der Waals surface area contributed by atoms with Gasteiger partial charge in [0.2, 0.25) is 5.91 Å². The summed E-state index contributed by atoms with van der Waals surface area (Å²) in [7, 11) is 0. The van der Waals surface area contributed by atoms with Crippen LogP contribution in [-0.2, 0) is 9.53 Å². The van der Waals surface area contributed by atoms with Gasteiger partial charge in [-0.3, -0.25) is 4.79 Å². The molecular weight excluding hydrogens is 204 g/mol. The normalized spacial score (nSPS) is 29.5. The quantitative estimate of drug-likeness (QED) is 0.724. The fourth-order valence-corrected chi connectivity index (χ4v) is 2.46. The molecule has 4 heteroatoms. The third-order valence-electron chi connectivity index (χ3n) is 3.47. The van der Waals surface area contributed by atoms with E-state index < -0.39 is 0 Å². The van der Waals surface area contributed by atoms with Crippen molar-refractivity contribution in [3.63, 3.8) is 0 Å². The first-order chi connectivity index (χ1) is 7.84. The van der Waals surface area contributed by atoms with Crippen LogP contribution in [0.25, 0.3) is 0 Å². The fourth-order valence-electron chi connectivity index (χ4n) is 2.46. The smallest absolute Gasteiger partial charge is 0.222 e. The molecule has 1 amide bonds. The van der Waals surface area contributed by atoms with E-state index in [9.17, 15) is 4.79 Å². The predicted molar refractivity (Wildman–Crippen MR) is 62.2 cm³/mol. The van der Waals surface area contributed by atoms with Crippen LogP contribution in [0, 0.1) is 5.92 Å². The number of carbonyl (C=O) groups is 1. The molecule has 2 N–H and O–H groups in total. The van der Waals surface area contributed by atoms with E-state index in [1.807, 2.05) is 0 Å². The zero-order valence-corrected chi connectivity index (χ0v) is 9.84. The molecule has 2 unspecified atom stereocenters. The third kappa shape index (κ3) is 3.76. The summed E-state index contributed by atoms with van der Waals surface area (Å²) in [5.74, 6) is 0.904. The van der Waals surface area contributed by atoms with E-state index in [1.165, 1.54) is 6.42 Å². The van der Waals surface area contributed by atoms with Crippen molar-refractivity contribution in [3.8, 4) is 0 Å². The molecule has 92 valence electrons. The van der Waals surface area contributed by atoms with Gasteiger partial charge in [-0.05, 0) is 44.7 Å². The van der Waals surface area contributed by atoms with Gasteiger partial charge in [-0.25, -0.2) is 0 Å². The Balaban J connectivity index is 1.52. The first-order valence-electron chi connectivity index (χ1n) is 6.43. The molecule has 0 spiro atoms. The lowest BCUT2D eigenvalue weighted by Gasteiger charge is -2.11. The molecule has 2 fully saturated rings. The van der Waals surface area contributed by atoms with Gasteiger partial charge in [-0.15, -0.1) is 0 Å². The van der Waals surface area contributed by atoms with Crippen molar-refractivity contribution >= 4 is 5.91 Å². The number of hydrogen-bond donors (Lipinski definition) is 2. The van der Waals surface area contributed by atoms with Gasteiger partial charge in [-0.2, -0.15) is 0 Å². The molecule has 16 heavy (non-hydrogen) atoms. The highest BCUT2D eigenvalue weighted by molar-refractivity contribution is 5.76. The molecule has 0 radical (unpaired) electrons. The SMILES string of the molecule is O=C(CC1CCCO1)NCCC1CCNC1. The number of rotatable bonds is 5. The van der Waals surface area contributed by atoms with Crippen molar-refractivity contribution in [3.05, 3.63) is 0 Å². The lowest BCUT2D eigenvalue weighted by molar-refractivity contribution is -0.123. The summed E-state index contributed by atoms with van der Waals surface area (Å²) in [6.45, 7) is 3.89. The minimum Gasteiger partial charge on any atom is -0.378 e. The molecule has 2 aliphatic heterocycles. The average Bonchev–Trinajstić information content (AvgIpc) is 2.90. The fraction of sp³-hybridized carbons (Fsp3) is 0.917. The Morgan fingerprint density at radius 1 is 1.44 bits per heavy atom. The summed E-state index contributed by atoms with van der Waals surface area (Å²) in [5, 5.41) is 6.33. The maximum Gasteiger partial charge on any atom is 0.222 e. The Morgan fingerprint density at radius 3 is 3.06 bits per heavy atom. The second-order valence-electron chi connectivity index (χ2n) is 4.84. The molecule has 2 rings (SSSR count). The van der Waals surface area contributed by atoms with Gasteiger partial charge in [-0.1, -0.05) is 0 Å². The van der Waals surface area contributed by atoms with E-state index in [0.717, 1.165) is 51.4 Å². The van der Waals surface area contributed by atoms with Crippen LogP contribution < -0.4 is 10.6 Å². The minimum absolute atomic E-state index is 0.151. The van der Waals surface area contributed by atoms with Gasteiger partial charge in [0.1, 0.15) is 0 Å². The molecule has 2 heterocycles. The van der Waals surface area contributed by atoms with Crippen molar-refractivity contribution in [1.29, 1.82) is 0 Å². The Kier molecular flexibility index (Phi) is 4.60. The highest BCUT2D eigenvalue weighted by atomic mass is 16.5. The van der Waals surface area contributed by atoms with Gasteiger partial charge in [0.05, 0.1) is 12.5 Å². The molecule has 0 aromatic heterocycles. The van der Waals surface area contributed by atoms with Crippen LogP contribution >= 0.6 is 0 Å². The van der Waals surface area contributed by atoms with E-state index in [2.05, 4.69) is 10.6 Å². The van der Waals surface area contributed by atoms with Crippen LogP contribution in [0.5, 0.6) is 0 Å². The molecule has 0 aliphatic carbocycles. The van der Waals surface area contributed by atoms with Crippen molar-refractivity contribution in [1.82, 2.24) is 10.6 Å². The summed E-state index contributed by atoms with van der Waals surface area (Å²) in [6.07, 6.45) is 5.22. The molecule has 0 aromatic rings. The number of ether oxygens (including phenoxy) is 1. The van der Waals surface area contributed by atoms with Crippen LogP contribution in [0.1, 0.15) is 32.1 Å². The monoisotopic (exact) mass is 226 g/mol. The van der Waals surface area contributed by atoms with Crippen molar-refractivity contribution in [2.45, 2.75) is 38.2 Å². The molecule has 0 bridgehead atoms. The standard InChI is InChI=1S/C12H22N2O2/c15-12(8-11-2-1-7-16-11)14-6-4-10-3-5-13-9-10/h10-11,13H,1-9H2,(H,14,15). The topological polar surface area (TPSA) is 50.4 Å². The number of nitrogens with one attached hydrogen (secondary N) is 2. The third-order valence-corrected chi connectivity index (χ3v) is 3.47. The largest absolute Gasteiger partial charge is 0.378 e. The molecular formula is C12H22N2O2. The van der Waals surface area contributed by atoms with Crippen LogP contribution in [0.2, 0.25) is 0 Å². The maximum absolute atomic E-state index is 11.6. The second-order valence-corrected chi connectivity index (χ2v) is 4.84. The Hall–Kier alpha value is -0.610. The second kappa shape index (κ2) is 6.21. The molecule has 0 aromatic carbocycles. The Morgan fingerprint density at radius 2 is 2.38 bits per heavy atom. The van der Waals surface area contributed by atoms with Crippen molar-refractivity contribution in [2.75, 3.05) is 26.2 Å². The summed E-state index contributed by atoms with van der Waals surface area (Å²) in [6, 6.07) is 0. The van der Waals surface area contributed by atoms with Crippen LogP contribution in [0.4, 0.5) is 0 Å². The highest BCUT2D eigenvalue weighted by Gasteiger charge is 2.19. The van der Waals surface area contributed by atoms with E-state index in [0.29, 0.717) is 6.42 Å². The minimum atomic E-state index is 0.151. The maximum atomic E-state index is 11.6.